The summed E-state index contributed by atoms with van der Waals surface area (Å²) >= 11 is 1.39. The highest BCUT2D eigenvalue weighted by Gasteiger charge is 2.13. The van der Waals surface area contributed by atoms with Crippen LogP contribution in [-0.4, -0.2) is 29.3 Å². The number of Topliss-reactive ketones (excluding diaryl/α,β-unsaturated/α-hetero) is 1. The fourth-order valence-electron chi connectivity index (χ4n) is 3.11. The third kappa shape index (κ3) is 6.00. The van der Waals surface area contributed by atoms with E-state index in [0.29, 0.717) is 10.6 Å². The lowest BCUT2D eigenvalue weighted by molar-refractivity contribution is -0.123. The minimum absolute atomic E-state index is 0.0279. The molecule has 1 amide bonds. The predicted octanol–water partition coefficient (Wildman–Crippen LogP) is 4.84. The van der Waals surface area contributed by atoms with Gasteiger partial charge >= 0.3 is 0 Å². The maximum absolute atomic E-state index is 12.2. The quantitative estimate of drug-likeness (QED) is 0.501. The molecule has 6 heteroatoms. The van der Waals surface area contributed by atoms with Gasteiger partial charge in [0.05, 0.1) is 10.6 Å². The number of aryl methyl sites for hydroxylation is 2. The van der Waals surface area contributed by atoms with E-state index in [4.69, 9.17) is 4.74 Å². The maximum atomic E-state index is 12.2. The topological polar surface area (TPSA) is 68.3 Å². The van der Waals surface area contributed by atoms with Gasteiger partial charge in [-0.15, -0.1) is 11.3 Å². The highest BCUT2D eigenvalue weighted by molar-refractivity contribution is 7.17. The number of aromatic nitrogens is 1. The van der Waals surface area contributed by atoms with Crippen molar-refractivity contribution in [3.63, 3.8) is 0 Å². The first-order chi connectivity index (χ1) is 14.4. The second kappa shape index (κ2) is 10.2. The molecule has 0 spiro atoms. The number of hydrogen-bond acceptors (Lipinski definition) is 5. The minimum atomic E-state index is -0.138. The first kappa shape index (κ1) is 21.7. The van der Waals surface area contributed by atoms with Gasteiger partial charge in [-0.1, -0.05) is 30.3 Å². The molecule has 156 valence electrons. The van der Waals surface area contributed by atoms with E-state index >= 15 is 0 Å². The Labute approximate surface area is 181 Å². The average Bonchev–Trinajstić information content (AvgIpc) is 3.14. The molecule has 1 aromatic heterocycles. The molecule has 2 aromatic carbocycles. The second-order valence-corrected chi connectivity index (χ2v) is 8.29. The number of carbonyl (C=O) groups excluding carboxylic acids is 2. The summed E-state index contributed by atoms with van der Waals surface area (Å²) in [4.78, 5) is 28.9. The Kier molecular flexibility index (Phi) is 7.36. The number of thiazole rings is 1. The van der Waals surface area contributed by atoms with E-state index in [0.717, 1.165) is 29.1 Å². The van der Waals surface area contributed by atoms with E-state index in [9.17, 15) is 9.59 Å². The molecule has 0 radical (unpaired) electrons. The lowest BCUT2D eigenvalue weighted by Gasteiger charge is -2.14. The monoisotopic (exact) mass is 422 g/mol. The van der Waals surface area contributed by atoms with Crippen LogP contribution in [0.5, 0.6) is 5.75 Å². The van der Waals surface area contributed by atoms with Gasteiger partial charge in [0.1, 0.15) is 10.8 Å². The summed E-state index contributed by atoms with van der Waals surface area (Å²) < 4.78 is 5.61. The zero-order chi connectivity index (χ0) is 21.5. The van der Waals surface area contributed by atoms with Crippen LogP contribution in [-0.2, 0) is 11.2 Å². The van der Waals surface area contributed by atoms with Gasteiger partial charge in [-0.2, -0.15) is 0 Å². The maximum Gasteiger partial charge on any atom is 0.258 e. The molecule has 0 aliphatic heterocycles. The summed E-state index contributed by atoms with van der Waals surface area (Å²) in [7, 11) is 0. The first-order valence-electron chi connectivity index (χ1n) is 9.97. The molecule has 3 aromatic rings. The van der Waals surface area contributed by atoms with Crippen LogP contribution >= 0.6 is 11.3 Å². The van der Waals surface area contributed by atoms with E-state index in [1.807, 2.05) is 56.3 Å². The van der Waals surface area contributed by atoms with Gasteiger partial charge in [0.25, 0.3) is 5.91 Å². The Morgan fingerprint density at radius 1 is 1.10 bits per heavy atom. The van der Waals surface area contributed by atoms with Crippen molar-refractivity contribution in [1.29, 1.82) is 0 Å². The Balaban J connectivity index is 1.47. The summed E-state index contributed by atoms with van der Waals surface area (Å²) in [5, 5.41) is 3.77. The predicted molar refractivity (Wildman–Crippen MR) is 120 cm³/mol. The standard InChI is InChI=1S/C24H26N2O3S/c1-16(9-10-19-7-5-4-6-8-19)25-22(28)15-29-21-13-11-20(12-14-21)24-26-17(2)23(30-24)18(3)27/h4-8,11-14,16H,9-10,15H2,1-3H3,(H,25,28)/t16-/m0/s1. The molecule has 1 atom stereocenters. The smallest absolute Gasteiger partial charge is 0.258 e. The number of amides is 1. The number of nitrogens with one attached hydrogen (secondary N) is 1. The zero-order valence-electron chi connectivity index (χ0n) is 17.5. The fourth-order valence-corrected chi connectivity index (χ4v) is 4.07. The van der Waals surface area contributed by atoms with Crippen molar-refractivity contribution in [2.75, 3.05) is 6.61 Å². The van der Waals surface area contributed by atoms with Crippen LogP contribution in [0.15, 0.2) is 54.6 Å². The number of hydrogen-bond donors (Lipinski definition) is 1. The summed E-state index contributed by atoms with van der Waals surface area (Å²) in [5.41, 5.74) is 2.93. The summed E-state index contributed by atoms with van der Waals surface area (Å²) in [6, 6.07) is 17.7. The van der Waals surface area contributed by atoms with Gasteiger partial charge in [-0.3, -0.25) is 9.59 Å². The number of rotatable bonds is 9. The number of ketones is 1. The highest BCUT2D eigenvalue weighted by Crippen LogP contribution is 2.29. The lowest BCUT2D eigenvalue weighted by atomic mass is 10.1. The SMILES string of the molecule is CC(=O)c1sc(-c2ccc(OCC(=O)N[C@@H](C)CCc3ccccc3)cc2)nc1C. The molecule has 0 unspecified atom stereocenters. The number of ether oxygens (including phenoxy) is 1. The van der Waals surface area contributed by atoms with Crippen LogP contribution in [0.1, 0.15) is 41.2 Å². The Morgan fingerprint density at radius 3 is 2.43 bits per heavy atom. The van der Waals surface area contributed by atoms with Crippen molar-refractivity contribution in [2.24, 2.45) is 0 Å². The average molecular weight is 423 g/mol. The minimum Gasteiger partial charge on any atom is -0.484 e. The van der Waals surface area contributed by atoms with Crippen LogP contribution in [0.2, 0.25) is 0 Å². The lowest BCUT2D eigenvalue weighted by Crippen LogP contribution is -2.36. The molecule has 0 bridgehead atoms. The molecule has 1 heterocycles. The van der Waals surface area contributed by atoms with Gasteiger partial charge < -0.3 is 10.1 Å². The third-order valence-electron chi connectivity index (χ3n) is 4.70. The van der Waals surface area contributed by atoms with E-state index < -0.39 is 0 Å². The van der Waals surface area contributed by atoms with Crippen molar-refractivity contribution < 1.29 is 14.3 Å². The van der Waals surface area contributed by atoms with Crippen molar-refractivity contribution in [2.45, 2.75) is 39.7 Å². The van der Waals surface area contributed by atoms with Gasteiger partial charge in [-0.25, -0.2) is 4.98 Å². The zero-order valence-corrected chi connectivity index (χ0v) is 18.3. The van der Waals surface area contributed by atoms with Crippen LogP contribution in [0.4, 0.5) is 0 Å². The van der Waals surface area contributed by atoms with Gasteiger partial charge in [0.2, 0.25) is 0 Å². The second-order valence-electron chi connectivity index (χ2n) is 7.30. The Hall–Kier alpha value is -2.99. The molecular formula is C24H26N2O3S. The molecule has 30 heavy (non-hydrogen) atoms. The summed E-state index contributed by atoms with van der Waals surface area (Å²) in [5.74, 6) is 0.507. The molecule has 0 saturated heterocycles. The first-order valence-corrected chi connectivity index (χ1v) is 10.8. The molecule has 0 fully saturated rings. The molecule has 0 aliphatic carbocycles. The van der Waals surface area contributed by atoms with Gasteiger partial charge in [0, 0.05) is 18.5 Å². The normalized spacial score (nSPS) is 11.7. The highest BCUT2D eigenvalue weighted by atomic mass is 32.1. The molecular weight excluding hydrogens is 396 g/mol. The van der Waals surface area contributed by atoms with Crippen molar-refractivity contribution in [1.82, 2.24) is 10.3 Å². The molecule has 3 rings (SSSR count). The van der Waals surface area contributed by atoms with E-state index in [1.165, 1.54) is 16.9 Å². The molecule has 0 aliphatic rings. The molecule has 5 nitrogen and oxygen atoms in total. The fraction of sp³-hybridized carbons (Fsp3) is 0.292. The third-order valence-corrected chi connectivity index (χ3v) is 6.01. The molecule has 1 N–H and O–H groups in total. The van der Waals surface area contributed by atoms with Crippen molar-refractivity contribution >= 4 is 23.0 Å². The van der Waals surface area contributed by atoms with Crippen LogP contribution in [0.25, 0.3) is 10.6 Å². The van der Waals surface area contributed by atoms with Crippen LogP contribution < -0.4 is 10.1 Å². The van der Waals surface area contributed by atoms with E-state index in [1.54, 1.807) is 6.92 Å². The molecule has 0 saturated carbocycles. The van der Waals surface area contributed by atoms with Crippen LogP contribution in [0.3, 0.4) is 0 Å². The number of nitrogens with zero attached hydrogens (tertiary/aromatic N) is 1. The Morgan fingerprint density at radius 2 is 1.80 bits per heavy atom. The van der Waals surface area contributed by atoms with E-state index in [-0.39, 0.29) is 24.3 Å². The summed E-state index contributed by atoms with van der Waals surface area (Å²) in [6.07, 6.45) is 1.80. The Bertz CT molecular complexity index is 997. The van der Waals surface area contributed by atoms with Gasteiger partial charge in [0.15, 0.2) is 12.4 Å². The number of carbonyl (C=O) groups is 2. The largest absolute Gasteiger partial charge is 0.484 e. The van der Waals surface area contributed by atoms with Gasteiger partial charge in [-0.05, 0) is 56.5 Å². The number of benzene rings is 2. The van der Waals surface area contributed by atoms with Crippen molar-refractivity contribution in [3.05, 3.63) is 70.7 Å². The van der Waals surface area contributed by atoms with E-state index in [2.05, 4.69) is 22.4 Å². The van der Waals surface area contributed by atoms with Crippen molar-refractivity contribution in [3.8, 4) is 16.3 Å². The van der Waals surface area contributed by atoms with Crippen LogP contribution in [0, 0.1) is 6.92 Å². The summed E-state index contributed by atoms with van der Waals surface area (Å²) in [6.45, 7) is 5.36.